The van der Waals surface area contributed by atoms with Crippen LogP contribution >= 0.6 is 0 Å². The predicted octanol–water partition coefficient (Wildman–Crippen LogP) is 3.37. The van der Waals surface area contributed by atoms with Gasteiger partial charge in [-0.3, -0.25) is 4.90 Å². The highest BCUT2D eigenvalue weighted by molar-refractivity contribution is 5.22. The lowest BCUT2D eigenvalue weighted by Gasteiger charge is -2.26. The minimum absolute atomic E-state index is 0.0503. The van der Waals surface area contributed by atoms with Crippen molar-refractivity contribution >= 4 is 0 Å². The Morgan fingerprint density at radius 3 is 2.47 bits per heavy atom. The molecule has 84 valence electrons. The lowest BCUT2D eigenvalue weighted by atomic mass is 10.0. The number of benzene rings is 1. The summed E-state index contributed by atoms with van der Waals surface area (Å²) in [6.07, 6.45) is 0.769. The van der Waals surface area contributed by atoms with Gasteiger partial charge in [0.15, 0.2) is 0 Å². The van der Waals surface area contributed by atoms with Crippen LogP contribution in [-0.4, -0.2) is 18.5 Å². The summed E-state index contributed by atoms with van der Waals surface area (Å²) in [6, 6.07) is 3.58. The summed E-state index contributed by atoms with van der Waals surface area (Å²) in [4.78, 5) is 2.01. The fourth-order valence-electron chi connectivity index (χ4n) is 1.76. The van der Waals surface area contributed by atoms with Crippen molar-refractivity contribution in [1.82, 2.24) is 4.90 Å². The largest absolute Gasteiger partial charge is 0.300 e. The topological polar surface area (TPSA) is 3.24 Å². The van der Waals surface area contributed by atoms with Crippen LogP contribution < -0.4 is 0 Å². The summed E-state index contributed by atoms with van der Waals surface area (Å²) < 4.78 is 26.5. The molecular formula is C12H17F2N. The van der Waals surface area contributed by atoms with Crippen molar-refractivity contribution in [1.29, 1.82) is 0 Å². The van der Waals surface area contributed by atoms with E-state index in [0.29, 0.717) is 5.56 Å². The lowest BCUT2D eigenvalue weighted by molar-refractivity contribution is 0.245. The average molecular weight is 213 g/mol. The van der Waals surface area contributed by atoms with Crippen LogP contribution in [0.1, 0.15) is 31.9 Å². The van der Waals surface area contributed by atoms with Crippen LogP contribution in [0.15, 0.2) is 18.2 Å². The molecule has 1 aromatic rings. The SMILES string of the molecule is CCC(c1cc(F)ccc1F)N(C)CC. The lowest BCUT2D eigenvalue weighted by Crippen LogP contribution is -2.24. The molecule has 0 aromatic heterocycles. The molecule has 1 unspecified atom stereocenters. The summed E-state index contributed by atoms with van der Waals surface area (Å²) >= 11 is 0. The second-order valence-corrected chi connectivity index (χ2v) is 3.66. The number of hydrogen-bond donors (Lipinski definition) is 0. The molecule has 1 aromatic carbocycles. The quantitative estimate of drug-likeness (QED) is 0.741. The molecule has 0 amide bonds. The van der Waals surface area contributed by atoms with Gasteiger partial charge in [-0.05, 0) is 38.2 Å². The molecule has 0 aliphatic heterocycles. The summed E-state index contributed by atoms with van der Waals surface area (Å²) in [7, 11) is 1.92. The molecule has 15 heavy (non-hydrogen) atoms. The Hall–Kier alpha value is -0.960. The first kappa shape index (κ1) is 12.1. The molecule has 3 heteroatoms. The third-order valence-corrected chi connectivity index (χ3v) is 2.73. The van der Waals surface area contributed by atoms with Gasteiger partial charge in [0.1, 0.15) is 11.6 Å². The van der Waals surface area contributed by atoms with E-state index in [1.165, 1.54) is 12.1 Å². The zero-order valence-electron chi connectivity index (χ0n) is 9.43. The van der Waals surface area contributed by atoms with Crippen LogP contribution in [-0.2, 0) is 0 Å². The molecule has 1 nitrogen and oxygen atoms in total. The van der Waals surface area contributed by atoms with Gasteiger partial charge >= 0.3 is 0 Å². The Morgan fingerprint density at radius 1 is 1.27 bits per heavy atom. The van der Waals surface area contributed by atoms with Gasteiger partial charge in [-0.15, -0.1) is 0 Å². The van der Waals surface area contributed by atoms with Gasteiger partial charge in [-0.25, -0.2) is 8.78 Å². The highest BCUT2D eigenvalue weighted by Gasteiger charge is 2.17. The Morgan fingerprint density at radius 2 is 1.93 bits per heavy atom. The van der Waals surface area contributed by atoms with Gasteiger partial charge in [0.25, 0.3) is 0 Å². The predicted molar refractivity (Wildman–Crippen MR) is 57.7 cm³/mol. The van der Waals surface area contributed by atoms with E-state index in [0.717, 1.165) is 19.0 Å². The summed E-state index contributed by atoms with van der Waals surface area (Å²) in [5.74, 6) is -0.710. The van der Waals surface area contributed by atoms with Crippen LogP contribution in [0.3, 0.4) is 0 Å². The Labute approximate surface area is 89.7 Å². The molecule has 0 fully saturated rings. The minimum Gasteiger partial charge on any atom is -0.300 e. The maximum absolute atomic E-state index is 13.5. The molecule has 0 aliphatic carbocycles. The van der Waals surface area contributed by atoms with Crippen molar-refractivity contribution in [3.63, 3.8) is 0 Å². The summed E-state index contributed by atoms with van der Waals surface area (Å²) in [6.45, 7) is 4.79. The molecule has 0 radical (unpaired) electrons. The third-order valence-electron chi connectivity index (χ3n) is 2.73. The number of halogens is 2. The summed E-state index contributed by atoms with van der Waals surface area (Å²) in [5, 5.41) is 0. The van der Waals surface area contributed by atoms with Gasteiger partial charge in [0.2, 0.25) is 0 Å². The van der Waals surface area contributed by atoms with Crippen molar-refractivity contribution < 1.29 is 8.78 Å². The first-order chi connectivity index (χ1) is 7.10. The molecule has 0 aliphatic rings. The standard InChI is InChI=1S/C12H17F2N/c1-4-12(15(3)5-2)10-8-9(13)6-7-11(10)14/h6-8,12H,4-5H2,1-3H3. The second kappa shape index (κ2) is 5.21. The van der Waals surface area contributed by atoms with Gasteiger partial charge in [0.05, 0.1) is 0 Å². The Kier molecular flexibility index (Phi) is 4.21. The van der Waals surface area contributed by atoms with E-state index in [1.807, 2.05) is 25.8 Å². The molecule has 1 atom stereocenters. The molecule has 0 bridgehead atoms. The maximum Gasteiger partial charge on any atom is 0.128 e. The van der Waals surface area contributed by atoms with E-state index in [-0.39, 0.29) is 17.7 Å². The van der Waals surface area contributed by atoms with Crippen LogP contribution in [0, 0.1) is 11.6 Å². The van der Waals surface area contributed by atoms with Gasteiger partial charge in [-0.2, -0.15) is 0 Å². The van der Waals surface area contributed by atoms with Gasteiger partial charge < -0.3 is 0 Å². The van der Waals surface area contributed by atoms with Gasteiger partial charge in [0, 0.05) is 11.6 Å². The molecular weight excluding hydrogens is 196 g/mol. The van der Waals surface area contributed by atoms with Crippen LogP contribution in [0.2, 0.25) is 0 Å². The number of hydrogen-bond acceptors (Lipinski definition) is 1. The number of nitrogens with zero attached hydrogens (tertiary/aromatic N) is 1. The van der Waals surface area contributed by atoms with E-state index >= 15 is 0 Å². The van der Waals surface area contributed by atoms with Crippen molar-refractivity contribution in [2.45, 2.75) is 26.3 Å². The van der Waals surface area contributed by atoms with E-state index in [2.05, 4.69) is 0 Å². The fourth-order valence-corrected chi connectivity index (χ4v) is 1.76. The smallest absolute Gasteiger partial charge is 0.128 e. The van der Waals surface area contributed by atoms with Crippen molar-refractivity contribution in [2.75, 3.05) is 13.6 Å². The van der Waals surface area contributed by atoms with E-state index in [1.54, 1.807) is 0 Å². The highest BCUT2D eigenvalue weighted by atomic mass is 19.1. The van der Waals surface area contributed by atoms with E-state index in [9.17, 15) is 8.78 Å². The van der Waals surface area contributed by atoms with E-state index in [4.69, 9.17) is 0 Å². The zero-order valence-corrected chi connectivity index (χ0v) is 9.43. The zero-order chi connectivity index (χ0) is 11.4. The Balaban J connectivity index is 3.05. The second-order valence-electron chi connectivity index (χ2n) is 3.66. The van der Waals surface area contributed by atoms with Crippen molar-refractivity contribution in [2.24, 2.45) is 0 Å². The monoisotopic (exact) mass is 213 g/mol. The van der Waals surface area contributed by atoms with Gasteiger partial charge in [-0.1, -0.05) is 13.8 Å². The first-order valence-corrected chi connectivity index (χ1v) is 5.25. The molecule has 0 spiro atoms. The first-order valence-electron chi connectivity index (χ1n) is 5.25. The van der Waals surface area contributed by atoms with Crippen LogP contribution in [0.25, 0.3) is 0 Å². The third kappa shape index (κ3) is 2.75. The minimum atomic E-state index is -0.380. The number of rotatable bonds is 4. The average Bonchev–Trinajstić information content (AvgIpc) is 2.23. The van der Waals surface area contributed by atoms with Crippen molar-refractivity contribution in [3.05, 3.63) is 35.4 Å². The maximum atomic E-state index is 13.5. The fraction of sp³-hybridized carbons (Fsp3) is 0.500. The molecule has 0 heterocycles. The molecule has 0 saturated heterocycles. The highest BCUT2D eigenvalue weighted by Crippen LogP contribution is 2.25. The molecule has 0 saturated carbocycles. The molecule has 1 rings (SSSR count). The molecule has 0 N–H and O–H groups in total. The van der Waals surface area contributed by atoms with Crippen LogP contribution in [0.5, 0.6) is 0 Å². The summed E-state index contributed by atoms with van der Waals surface area (Å²) in [5.41, 5.74) is 0.446. The normalized spacial score (nSPS) is 13.2. The van der Waals surface area contributed by atoms with Crippen LogP contribution in [0.4, 0.5) is 8.78 Å². The van der Waals surface area contributed by atoms with E-state index < -0.39 is 0 Å². The Bertz CT molecular complexity index is 325. The van der Waals surface area contributed by atoms with Crippen molar-refractivity contribution in [3.8, 4) is 0 Å².